The van der Waals surface area contributed by atoms with Gasteiger partial charge in [-0.1, -0.05) is 6.92 Å². The average molecular weight is 170 g/mol. The van der Waals surface area contributed by atoms with Crippen molar-refractivity contribution in [2.45, 2.75) is 32.7 Å². The monoisotopic (exact) mass is 170 g/mol. The maximum absolute atomic E-state index is 11.5. The molecule has 3 nitrogen and oxygen atoms in total. The van der Waals surface area contributed by atoms with Gasteiger partial charge in [-0.25, -0.2) is 0 Å². The lowest BCUT2D eigenvalue weighted by Gasteiger charge is -2.42. The normalized spacial score (nSPS) is 22.9. The van der Waals surface area contributed by atoms with Gasteiger partial charge in [0, 0.05) is 18.6 Å². The second-order valence-electron chi connectivity index (χ2n) is 3.96. The standard InChI is InChI=1S/C9H18N2O/c1-4-5-11-8(12)6-10-7-9(11,2)3/h10H,4-7H2,1-3H3. The molecular formula is C9H18N2O. The quantitative estimate of drug-likeness (QED) is 0.658. The summed E-state index contributed by atoms with van der Waals surface area (Å²) in [6.45, 7) is 8.60. The molecule has 1 fully saturated rings. The average Bonchev–Trinajstić information content (AvgIpc) is 1.97. The van der Waals surface area contributed by atoms with Crippen molar-refractivity contribution in [2.75, 3.05) is 19.6 Å². The largest absolute Gasteiger partial charge is 0.335 e. The van der Waals surface area contributed by atoms with Crippen LogP contribution >= 0.6 is 0 Å². The molecule has 12 heavy (non-hydrogen) atoms. The van der Waals surface area contributed by atoms with Crippen molar-refractivity contribution in [3.05, 3.63) is 0 Å². The minimum absolute atomic E-state index is 0.00859. The fourth-order valence-electron chi connectivity index (χ4n) is 1.65. The zero-order chi connectivity index (χ0) is 9.19. The Hall–Kier alpha value is -0.570. The van der Waals surface area contributed by atoms with E-state index in [1.807, 2.05) is 4.90 Å². The number of carbonyl (C=O) groups excluding carboxylic acids is 1. The minimum atomic E-state index is -0.00859. The van der Waals surface area contributed by atoms with Gasteiger partial charge in [-0.2, -0.15) is 0 Å². The molecule has 0 aromatic heterocycles. The molecule has 1 N–H and O–H groups in total. The van der Waals surface area contributed by atoms with Crippen LogP contribution in [0.25, 0.3) is 0 Å². The molecule has 1 aliphatic rings. The lowest BCUT2D eigenvalue weighted by molar-refractivity contribution is -0.138. The third-order valence-corrected chi connectivity index (χ3v) is 2.31. The molecule has 0 aromatic carbocycles. The van der Waals surface area contributed by atoms with Crippen molar-refractivity contribution < 1.29 is 4.79 Å². The second kappa shape index (κ2) is 3.44. The predicted octanol–water partition coefficient (Wildman–Crippen LogP) is 0.607. The summed E-state index contributed by atoms with van der Waals surface area (Å²) in [5.41, 5.74) is -0.00859. The summed E-state index contributed by atoms with van der Waals surface area (Å²) in [7, 11) is 0. The first-order valence-electron chi connectivity index (χ1n) is 4.59. The van der Waals surface area contributed by atoms with Gasteiger partial charge >= 0.3 is 0 Å². The second-order valence-corrected chi connectivity index (χ2v) is 3.96. The first-order valence-corrected chi connectivity index (χ1v) is 4.59. The van der Waals surface area contributed by atoms with Crippen LogP contribution in [-0.4, -0.2) is 36.0 Å². The highest BCUT2D eigenvalue weighted by Gasteiger charge is 2.33. The Balaban J connectivity index is 2.67. The Bertz CT molecular complexity index is 177. The van der Waals surface area contributed by atoms with E-state index in [-0.39, 0.29) is 11.4 Å². The predicted molar refractivity (Wildman–Crippen MR) is 49.0 cm³/mol. The van der Waals surface area contributed by atoms with Gasteiger partial charge in [0.05, 0.1) is 6.54 Å². The van der Waals surface area contributed by atoms with E-state index >= 15 is 0 Å². The van der Waals surface area contributed by atoms with Crippen LogP contribution in [0.4, 0.5) is 0 Å². The SMILES string of the molecule is CCCN1C(=O)CNCC1(C)C. The lowest BCUT2D eigenvalue weighted by atomic mass is 10.00. The molecule has 3 heteroatoms. The van der Waals surface area contributed by atoms with Crippen LogP contribution in [0.3, 0.4) is 0 Å². The van der Waals surface area contributed by atoms with Crippen LogP contribution in [0.5, 0.6) is 0 Å². The molecule has 0 radical (unpaired) electrons. The van der Waals surface area contributed by atoms with Crippen LogP contribution in [0.15, 0.2) is 0 Å². The molecule has 1 rings (SSSR count). The van der Waals surface area contributed by atoms with Crippen LogP contribution in [0.2, 0.25) is 0 Å². The van der Waals surface area contributed by atoms with E-state index in [1.165, 1.54) is 0 Å². The Kier molecular flexibility index (Phi) is 2.73. The third kappa shape index (κ3) is 1.78. The smallest absolute Gasteiger partial charge is 0.237 e. The molecule has 0 bridgehead atoms. The Labute approximate surface area is 74.1 Å². The molecule has 1 amide bonds. The number of hydrogen-bond acceptors (Lipinski definition) is 2. The van der Waals surface area contributed by atoms with Gasteiger partial charge in [-0.05, 0) is 20.3 Å². The number of rotatable bonds is 2. The summed E-state index contributed by atoms with van der Waals surface area (Å²) < 4.78 is 0. The third-order valence-electron chi connectivity index (χ3n) is 2.31. The van der Waals surface area contributed by atoms with Gasteiger partial charge in [0.15, 0.2) is 0 Å². The van der Waals surface area contributed by atoms with Crippen LogP contribution in [0, 0.1) is 0 Å². The summed E-state index contributed by atoms with van der Waals surface area (Å²) >= 11 is 0. The van der Waals surface area contributed by atoms with Gasteiger partial charge in [0.25, 0.3) is 0 Å². The Morgan fingerprint density at radius 3 is 2.75 bits per heavy atom. The van der Waals surface area contributed by atoms with Crippen molar-refractivity contribution in [3.8, 4) is 0 Å². The summed E-state index contributed by atoms with van der Waals surface area (Å²) in [5.74, 6) is 0.230. The molecule has 0 atom stereocenters. The molecule has 0 aromatic rings. The summed E-state index contributed by atoms with van der Waals surface area (Å²) in [4.78, 5) is 13.4. The molecule has 70 valence electrons. The molecule has 1 saturated heterocycles. The minimum Gasteiger partial charge on any atom is -0.335 e. The Morgan fingerprint density at radius 1 is 1.58 bits per heavy atom. The topological polar surface area (TPSA) is 32.3 Å². The number of amides is 1. The molecule has 1 aliphatic heterocycles. The van der Waals surface area contributed by atoms with Crippen LogP contribution in [0.1, 0.15) is 27.2 Å². The van der Waals surface area contributed by atoms with Crippen LogP contribution in [-0.2, 0) is 4.79 Å². The fraction of sp³-hybridized carbons (Fsp3) is 0.889. The molecule has 0 unspecified atom stereocenters. The van der Waals surface area contributed by atoms with E-state index in [0.29, 0.717) is 6.54 Å². The van der Waals surface area contributed by atoms with E-state index < -0.39 is 0 Å². The fourth-order valence-corrected chi connectivity index (χ4v) is 1.65. The van der Waals surface area contributed by atoms with E-state index in [4.69, 9.17) is 0 Å². The zero-order valence-electron chi connectivity index (χ0n) is 8.18. The zero-order valence-corrected chi connectivity index (χ0v) is 8.18. The number of nitrogens with one attached hydrogen (secondary N) is 1. The van der Waals surface area contributed by atoms with Gasteiger partial charge < -0.3 is 10.2 Å². The van der Waals surface area contributed by atoms with Crippen molar-refractivity contribution in [2.24, 2.45) is 0 Å². The summed E-state index contributed by atoms with van der Waals surface area (Å²) in [6.07, 6.45) is 1.04. The number of piperazine rings is 1. The number of hydrogen-bond donors (Lipinski definition) is 1. The van der Waals surface area contributed by atoms with Crippen LogP contribution < -0.4 is 5.32 Å². The number of nitrogens with zero attached hydrogens (tertiary/aromatic N) is 1. The van der Waals surface area contributed by atoms with E-state index in [0.717, 1.165) is 19.5 Å². The van der Waals surface area contributed by atoms with Crippen molar-refractivity contribution in [1.82, 2.24) is 10.2 Å². The van der Waals surface area contributed by atoms with E-state index in [1.54, 1.807) is 0 Å². The molecule has 0 aliphatic carbocycles. The van der Waals surface area contributed by atoms with Gasteiger partial charge in [0.1, 0.15) is 0 Å². The molecule has 1 heterocycles. The lowest BCUT2D eigenvalue weighted by Crippen LogP contribution is -2.60. The Morgan fingerprint density at radius 2 is 2.25 bits per heavy atom. The van der Waals surface area contributed by atoms with E-state index in [2.05, 4.69) is 26.1 Å². The maximum Gasteiger partial charge on any atom is 0.237 e. The first-order chi connectivity index (χ1) is 5.58. The molecular weight excluding hydrogens is 152 g/mol. The van der Waals surface area contributed by atoms with Crippen molar-refractivity contribution in [1.29, 1.82) is 0 Å². The first kappa shape index (κ1) is 9.52. The summed E-state index contributed by atoms with van der Waals surface area (Å²) in [6, 6.07) is 0. The number of carbonyl (C=O) groups is 1. The summed E-state index contributed by atoms with van der Waals surface area (Å²) in [5, 5.41) is 3.12. The van der Waals surface area contributed by atoms with Crippen molar-refractivity contribution >= 4 is 5.91 Å². The van der Waals surface area contributed by atoms with Gasteiger partial charge in [-0.3, -0.25) is 4.79 Å². The van der Waals surface area contributed by atoms with Gasteiger partial charge in [0.2, 0.25) is 5.91 Å². The van der Waals surface area contributed by atoms with Gasteiger partial charge in [-0.15, -0.1) is 0 Å². The molecule has 0 spiro atoms. The highest BCUT2D eigenvalue weighted by atomic mass is 16.2. The molecule has 0 saturated carbocycles. The van der Waals surface area contributed by atoms with Crippen molar-refractivity contribution in [3.63, 3.8) is 0 Å². The van der Waals surface area contributed by atoms with E-state index in [9.17, 15) is 4.79 Å². The highest BCUT2D eigenvalue weighted by Crippen LogP contribution is 2.16. The highest BCUT2D eigenvalue weighted by molar-refractivity contribution is 5.80. The maximum atomic E-state index is 11.5.